The third-order valence-electron chi connectivity index (χ3n) is 4.47. The van der Waals surface area contributed by atoms with Crippen LogP contribution in [0.5, 0.6) is 5.75 Å². The summed E-state index contributed by atoms with van der Waals surface area (Å²) >= 11 is 5.76. The molecule has 2 heterocycles. The van der Waals surface area contributed by atoms with E-state index in [9.17, 15) is 13.2 Å². The summed E-state index contributed by atoms with van der Waals surface area (Å²) in [4.78, 5) is 16.3. The number of ether oxygens (including phenoxy) is 1. The summed E-state index contributed by atoms with van der Waals surface area (Å²) in [7, 11) is -2.40. The smallest absolute Gasteiger partial charge is 0.245 e. The average molecular weight is 464 g/mol. The molecule has 3 aromatic rings. The number of pyridine rings is 1. The van der Waals surface area contributed by atoms with E-state index in [-0.39, 0.29) is 23.1 Å². The first-order valence-corrected chi connectivity index (χ1v) is 11.2. The second-order valence-corrected chi connectivity index (χ2v) is 8.94. The van der Waals surface area contributed by atoms with Gasteiger partial charge in [-0.15, -0.1) is 0 Å². The van der Waals surface area contributed by atoms with Crippen LogP contribution in [-0.4, -0.2) is 43.8 Å². The number of nitrogens with zero attached hydrogens (tertiary/aromatic N) is 2. The lowest BCUT2D eigenvalue weighted by Crippen LogP contribution is -2.40. The molecule has 2 aromatic heterocycles. The van der Waals surface area contributed by atoms with Gasteiger partial charge in [-0.25, -0.2) is 13.4 Å². The Morgan fingerprint density at radius 1 is 1.19 bits per heavy atom. The van der Waals surface area contributed by atoms with Gasteiger partial charge in [0.25, 0.3) is 0 Å². The molecular formula is C21H22ClN3O5S. The Balaban J connectivity index is 1.66. The Bertz CT molecular complexity index is 1090. The lowest BCUT2D eigenvalue weighted by molar-refractivity contribution is -0.121. The predicted octanol–water partition coefficient (Wildman–Crippen LogP) is 2.89. The van der Waals surface area contributed by atoms with Crippen LogP contribution in [0.1, 0.15) is 11.3 Å². The molecule has 0 bridgehead atoms. The molecule has 0 fully saturated rings. The highest BCUT2D eigenvalue weighted by atomic mass is 35.5. The van der Waals surface area contributed by atoms with Gasteiger partial charge in [-0.2, -0.15) is 4.31 Å². The minimum Gasteiger partial charge on any atom is -0.497 e. The van der Waals surface area contributed by atoms with Crippen molar-refractivity contribution in [3.8, 4) is 5.75 Å². The van der Waals surface area contributed by atoms with E-state index in [2.05, 4.69) is 10.3 Å². The molecule has 1 N–H and O–H groups in total. The highest BCUT2D eigenvalue weighted by Crippen LogP contribution is 2.19. The largest absolute Gasteiger partial charge is 0.497 e. The zero-order valence-electron chi connectivity index (χ0n) is 16.8. The Hall–Kier alpha value is -2.88. The van der Waals surface area contributed by atoms with Gasteiger partial charge in [-0.3, -0.25) is 4.79 Å². The quantitative estimate of drug-likeness (QED) is 0.464. The Kier molecular flexibility index (Phi) is 7.67. The van der Waals surface area contributed by atoms with Crippen molar-refractivity contribution in [1.82, 2.24) is 14.6 Å². The zero-order valence-corrected chi connectivity index (χ0v) is 18.4. The molecule has 8 nitrogen and oxygen atoms in total. The van der Waals surface area contributed by atoms with Crippen LogP contribution in [0.4, 0.5) is 0 Å². The van der Waals surface area contributed by atoms with Crippen molar-refractivity contribution < 1.29 is 22.4 Å². The average Bonchev–Trinajstić information content (AvgIpc) is 3.27. The SMILES string of the molecule is COc1ccc(CCNC(=O)CN(Cc2ccco2)S(=O)(=O)c2ccc(Cl)nc2)cc1. The highest BCUT2D eigenvalue weighted by Gasteiger charge is 2.28. The summed E-state index contributed by atoms with van der Waals surface area (Å²) in [6.45, 7) is -0.0968. The number of nitrogens with one attached hydrogen (secondary N) is 1. The molecule has 3 rings (SSSR count). The molecular weight excluding hydrogens is 442 g/mol. The molecule has 1 amide bonds. The van der Waals surface area contributed by atoms with Crippen molar-refractivity contribution in [3.63, 3.8) is 0 Å². The molecule has 0 atom stereocenters. The lowest BCUT2D eigenvalue weighted by atomic mass is 10.1. The normalized spacial score (nSPS) is 11.5. The van der Waals surface area contributed by atoms with Gasteiger partial charge in [0, 0.05) is 12.7 Å². The lowest BCUT2D eigenvalue weighted by Gasteiger charge is -2.20. The molecule has 0 radical (unpaired) electrons. The van der Waals surface area contributed by atoms with Gasteiger partial charge in [0.1, 0.15) is 21.6 Å². The Morgan fingerprint density at radius 2 is 1.97 bits per heavy atom. The van der Waals surface area contributed by atoms with E-state index >= 15 is 0 Å². The van der Waals surface area contributed by atoms with Crippen LogP contribution in [0.15, 0.2) is 70.3 Å². The number of hydrogen-bond donors (Lipinski definition) is 1. The van der Waals surface area contributed by atoms with Crippen molar-refractivity contribution in [2.45, 2.75) is 17.9 Å². The molecule has 0 aliphatic rings. The number of methoxy groups -OCH3 is 1. The van der Waals surface area contributed by atoms with E-state index < -0.39 is 15.9 Å². The maximum absolute atomic E-state index is 13.1. The number of carbonyl (C=O) groups excluding carboxylic acids is 1. The van der Waals surface area contributed by atoms with Crippen molar-refractivity contribution in [1.29, 1.82) is 0 Å². The maximum Gasteiger partial charge on any atom is 0.245 e. The van der Waals surface area contributed by atoms with Gasteiger partial charge in [-0.1, -0.05) is 23.7 Å². The molecule has 0 saturated heterocycles. The summed E-state index contributed by atoms with van der Waals surface area (Å²) in [5.41, 5.74) is 1.02. The summed E-state index contributed by atoms with van der Waals surface area (Å²) in [5, 5.41) is 2.93. The first-order chi connectivity index (χ1) is 14.9. The van der Waals surface area contributed by atoms with E-state index in [1.807, 2.05) is 24.3 Å². The molecule has 10 heteroatoms. The Labute approximate surface area is 185 Å². The fraction of sp³-hybridized carbons (Fsp3) is 0.238. The molecule has 0 saturated carbocycles. The predicted molar refractivity (Wildman–Crippen MR) is 115 cm³/mol. The minimum atomic E-state index is -4.00. The number of rotatable bonds is 10. The standard InChI is InChI=1S/C21H22ClN3O5S/c1-29-17-6-4-16(5-7-17)10-11-23-21(26)15-25(14-18-3-2-12-30-18)31(27,28)19-8-9-20(22)24-13-19/h2-9,12-13H,10-11,14-15H2,1H3,(H,23,26). The second-order valence-electron chi connectivity index (χ2n) is 6.62. The molecule has 0 aliphatic carbocycles. The molecule has 0 unspecified atom stereocenters. The molecule has 0 aliphatic heterocycles. The van der Waals surface area contributed by atoms with Crippen molar-refractivity contribution in [3.05, 3.63) is 77.5 Å². The molecule has 31 heavy (non-hydrogen) atoms. The number of aromatic nitrogens is 1. The first kappa shape index (κ1) is 22.8. The number of carbonyl (C=O) groups is 1. The van der Waals surface area contributed by atoms with Crippen molar-refractivity contribution in [2.24, 2.45) is 0 Å². The van der Waals surface area contributed by atoms with Gasteiger partial charge in [0.05, 0.1) is 26.5 Å². The van der Waals surface area contributed by atoms with E-state index in [1.54, 1.807) is 19.2 Å². The van der Waals surface area contributed by atoms with Crippen LogP contribution in [0.2, 0.25) is 5.15 Å². The Morgan fingerprint density at radius 3 is 2.58 bits per heavy atom. The monoisotopic (exact) mass is 463 g/mol. The van der Waals surface area contributed by atoms with E-state index in [0.717, 1.165) is 21.8 Å². The summed E-state index contributed by atoms with van der Waals surface area (Å²) in [6, 6.07) is 13.5. The van der Waals surface area contributed by atoms with Gasteiger partial charge in [0.15, 0.2) is 0 Å². The topological polar surface area (TPSA) is 102 Å². The second kappa shape index (κ2) is 10.4. The fourth-order valence-corrected chi connectivity index (χ4v) is 4.24. The summed E-state index contributed by atoms with van der Waals surface area (Å²) < 4.78 is 37.6. The highest BCUT2D eigenvalue weighted by molar-refractivity contribution is 7.89. The van der Waals surface area contributed by atoms with Crippen molar-refractivity contribution in [2.75, 3.05) is 20.2 Å². The van der Waals surface area contributed by atoms with Gasteiger partial charge >= 0.3 is 0 Å². The third-order valence-corrected chi connectivity index (χ3v) is 6.46. The van der Waals surface area contributed by atoms with Gasteiger partial charge < -0.3 is 14.5 Å². The fourth-order valence-electron chi connectivity index (χ4n) is 2.82. The number of sulfonamides is 1. The third kappa shape index (κ3) is 6.30. The zero-order chi connectivity index (χ0) is 22.3. The number of halogens is 1. The van der Waals surface area contributed by atoms with E-state index in [1.165, 1.54) is 18.4 Å². The number of amides is 1. The summed E-state index contributed by atoms with van der Waals surface area (Å²) in [5.74, 6) is 0.741. The first-order valence-electron chi connectivity index (χ1n) is 9.42. The number of hydrogen-bond acceptors (Lipinski definition) is 6. The van der Waals surface area contributed by atoms with E-state index in [4.69, 9.17) is 20.8 Å². The van der Waals surface area contributed by atoms with Gasteiger partial charge in [-0.05, 0) is 48.4 Å². The minimum absolute atomic E-state index is 0.0607. The van der Waals surface area contributed by atoms with Crippen LogP contribution in [0.3, 0.4) is 0 Å². The molecule has 164 valence electrons. The van der Waals surface area contributed by atoms with Crippen LogP contribution >= 0.6 is 11.6 Å². The van der Waals surface area contributed by atoms with Crippen LogP contribution in [-0.2, 0) is 27.8 Å². The van der Waals surface area contributed by atoms with Crippen LogP contribution in [0.25, 0.3) is 0 Å². The van der Waals surface area contributed by atoms with E-state index in [0.29, 0.717) is 18.7 Å². The van der Waals surface area contributed by atoms with Crippen LogP contribution in [0, 0.1) is 0 Å². The summed E-state index contributed by atoms with van der Waals surface area (Å²) in [6.07, 6.45) is 3.20. The van der Waals surface area contributed by atoms with Gasteiger partial charge in [0.2, 0.25) is 15.9 Å². The number of benzene rings is 1. The molecule has 1 aromatic carbocycles. The number of furan rings is 1. The maximum atomic E-state index is 13.1. The molecule has 0 spiro atoms. The van der Waals surface area contributed by atoms with Crippen LogP contribution < -0.4 is 10.1 Å². The van der Waals surface area contributed by atoms with Crippen molar-refractivity contribution >= 4 is 27.5 Å².